The first-order valence-electron chi connectivity index (χ1n) is 9.17. The molecule has 0 bridgehead atoms. The second-order valence-electron chi connectivity index (χ2n) is 6.46. The van der Waals surface area contributed by atoms with Crippen molar-refractivity contribution in [1.29, 1.82) is 0 Å². The minimum Gasteiger partial charge on any atom is -0.493 e. The fraction of sp³-hybridized carbons (Fsp3) is 0.316. The Labute approximate surface area is 175 Å². The number of benzene rings is 1. The van der Waals surface area contributed by atoms with E-state index < -0.39 is 10.0 Å². The van der Waals surface area contributed by atoms with E-state index >= 15 is 0 Å². The average Bonchev–Trinajstić information content (AvgIpc) is 3.09. The second-order valence-corrected chi connectivity index (χ2v) is 8.22. The molecule has 0 aliphatic carbocycles. The molecule has 0 aliphatic heterocycles. The fourth-order valence-corrected chi connectivity index (χ4v) is 3.88. The summed E-state index contributed by atoms with van der Waals surface area (Å²) in [5, 5.41) is 15.7. The van der Waals surface area contributed by atoms with Crippen LogP contribution in [0.25, 0.3) is 5.82 Å². The lowest BCUT2D eigenvalue weighted by Gasteiger charge is -2.11. The molecule has 3 aromatic rings. The number of methoxy groups -OCH3 is 2. The van der Waals surface area contributed by atoms with Gasteiger partial charge < -0.3 is 14.8 Å². The molecule has 11 heteroatoms. The minimum atomic E-state index is -3.69. The largest absolute Gasteiger partial charge is 0.493 e. The van der Waals surface area contributed by atoms with E-state index in [9.17, 15) is 8.42 Å². The molecule has 0 fully saturated rings. The van der Waals surface area contributed by atoms with E-state index in [1.54, 1.807) is 22.9 Å². The molecule has 0 saturated heterocycles. The Morgan fingerprint density at radius 3 is 2.33 bits per heavy atom. The lowest BCUT2D eigenvalue weighted by Crippen LogP contribution is -2.29. The van der Waals surface area contributed by atoms with Crippen molar-refractivity contribution in [3.63, 3.8) is 0 Å². The van der Waals surface area contributed by atoms with E-state index in [4.69, 9.17) is 9.47 Å². The lowest BCUT2D eigenvalue weighted by molar-refractivity contribution is 0.354. The normalized spacial score (nSPS) is 11.3. The number of aryl methyl sites for hydroxylation is 2. The molecule has 2 N–H and O–H groups in total. The standard InChI is InChI=1S/C19H24N6O4S/c1-13-11-14(2)25(24-13)19-8-7-18(22-23-19)20-9-10-21-30(26,27)15-5-6-16(28-3)17(12-15)29-4/h5-8,11-12,21H,9-10H2,1-4H3,(H,20,22). The third-order valence-corrected chi connectivity index (χ3v) is 5.72. The van der Waals surface area contributed by atoms with Gasteiger partial charge in [-0.25, -0.2) is 17.8 Å². The van der Waals surface area contributed by atoms with Gasteiger partial charge in [-0.05, 0) is 44.2 Å². The molecule has 0 aliphatic rings. The molecule has 1 aromatic carbocycles. The maximum atomic E-state index is 12.5. The number of rotatable bonds is 9. The zero-order valence-electron chi connectivity index (χ0n) is 17.2. The smallest absolute Gasteiger partial charge is 0.240 e. The molecular weight excluding hydrogens is 408 g/mol. The zero-order valence-corrected chi connectivity index (χ0v) is 18.0. The van der Waals surface area contributed by atoms with Gasteiger partial charge in [0.1, 0.15) is 5.82 Å². The van der Waals surface area contributed by atoms with E-state index in [2.05, 4.69) is 25.3 Å². The van der Waals surface area contributed by atoms with E-state index in [1.165, 1.54) is 26.4 Å². The van der Waals surface area contributed by atoms with Crippen LogP contribution in [0.4, 0.5) is 5.82 Å². The van der Waals surface area contributed by atoms with Crippen LogP contribution in [0.3, 0.4) is 0 Å². The fourth-order valence-electron chi connectivity index (χ4n) is 2.84. The van der Waals surface area contributed by atoms with Crippen LogP contribution in [0, 0.1) is 13.8 Å². The molecule has 30 heavy (non-hydrogen) atoms. The first-order chi connectivity index (χ1) is 14.3. The van der Waals surface area contributed by atoms with Crippen molar-refractivity contribution in [2.45, 2.75) is 18.7 Å². The van der Waals surface area contributed by atoms with Crippen molar-refractivity contribution in [2.75, 3.05) is 32.6 Å². The monoisotopic (exact) mass is 432 g/mol. The SMILES string of the molecule is COc1ccc(S(=O)(=O)NCCNc2ccc(-n3nc(C)cc3C)nn2)cc1OC. The highest BCUT2D eigenvalue weighted by Gasteiger charge is 2.16. The molecule has 0 atom stereocenters. The van der Waals surface area contributed by atoms with Crippen LogP contribution in [0.15, 0.2) is 41.3 Å². The molecule has 0 unspecified atom stereocenters. The van der Waals surface area contributed by atoms with Crippen LogP contribution in [0.1, 0.15) is 11.4 Å². The number of ether oxygens (including phenoxy) is 2. The van der Waals surface area contributed by atoms with E-state index in [0.29, 0.717) is 29.7 Å². The predicted molar refractivity (Wildman–Crippen MR) is 112 cm³/mol. The number of nitrogens with zero attached hydrogens (tertiary/aromatic N) is 4. The Hall–Kier alpha value is -3.18. The molecule has 10 nitrogen and oxygen atoms in total. The molecule has 0 amide bonds. The van der Waals surface area contributed by atoms with Crippen LogP contribution in [-0.2, 0) is 10.0 Å². The van der Waals surface area contributed by atoms with E-state index in [0.717, 1.165) is 11.4 Å². The van der Waals surface area contributed by atoms with Gasteiger partial charge in [0.2, 0.25) is 10.0 Å². The molecule has 0 spiro atoms. The molecule has 0 radical (unpaired) electrons. The van der Waals surface area contributed by atoms with Crippen molar-refractivity contribution in [2.24, 2.45) is 0 Å². The van der Waals surface area contributed by atoms with Crippen LogP contribution in [-0.4, -0.2) is 55.7 Å². The Morgan fingerprint density at radius 2 is 1.73 bits per heavy atom. The average molecular weight is 433 g/mol. The van der Waals surface area contributed by atoms with Gasteiger partial charge in [-0.15, -0.1) is 10.2 Å². The van der Waals surface area contributed by atoms with Gasteiger partial charge >= 0.3 is 0 Å². The zero-order chi connectivity index (χ0) is 21.7. The van der Waals surface area contributed by atoms with Gasteiger partial charge in [0.25, 0.3) is 0 Å². The van der Waals surface area contributed by atoms with Gasteiger partial charge in [-0.2, -0.15) is 5.10 Å². The quantitative estimate of drug-likeness (QED) is 0.490. The molecule has 3 rings (SSSR count). The van der Waals surface area contributed by atoms with Crippen molar-refractivity contribution >= 4 is 15.8 Å². The van der Waals surface area contributed by atoms with Crippen molar-refractivity contribution in [1.82, 2.24) is 24.7 Å². The maximum Gasteiger partial charge on any atom is 0.240 e. The first-order valence-corrected chi connectivity index (χ1v) is 10.7. The van der Waals surface area contributed by atoms with Gasteiger partial charge in [-0.1, -0.05) is 0 Å². The Balaban J connectivity index is 1.56. The minimum absolute atomic E-state index is 0.0918. The predicted octanol–water partition coefficient (Wildman–Crippen LogP) is 1.69. The number of hydrogen-bond acceptors (Lipinski definition) is 8. The third kappa shape index (κ3) is 4.86. The van der Waals surface area contributed by atoms with Gasteiger partial charge in [-0.3, -0.25) is 0 Å². The molecule has 0 saturated carbocycles. The topological polar surface area (TPSA) is 120 Å². The van der Waals surface area contributed by atoms with Gasteiger partial charge in [0.15, 0.2) is 17.3 Å². The number of aromatic nitrogens is 4. The second kappa shape index (κ2) is 9.09. The summed E-state index contributed by atoms with van der Waals surface area (Å²) in [6.45, 7) is 4.35. The number of nitrogens with one attached hydrogen (secondary N) is 2. The van der Waals surface area contributed by atoms with Gasteiger partial charge in [0, 0.05) is 24.8 Å². The number of anilines is 1. The van der Waals surface area contributed by atoms with Crippen molar-refractivity contribution in [3.05, 3.63) is 47.8 Å². The lowest BCUT2D eigenvalue weighted by atomic mass is 10.3. The summed E-state index contributed by atoms with van der Waals surface area (Å²) in [5.74, 6) is 1.95. The summed E-state index contributed by atoms with van der Waals surface area (Å²) < 4.78 is 39.5. The van der Waals surface area contributed by atoms with Crippen LogP contribution < -0.4 is 19.5 Å². The Kier molecular flexibility index (Phi) is 6.53. The highest BCUT2D eigenvalue weighted by Crippen LogP contribution is 2.29. The van der Waals surface area contributed by atoms with Crippen LogP contribution in [0.2, 0.25) is 0 Å². The Morgan fingerprint density at radius 1 is 0.967 bits per heavy atom. The summed E-state index contributed by atoms with van der Waals surface area (Å²) in [4.78, 5) is 0.0918. The van der Waals surface area contributed by atoms with Crippen molar-refractivity contribution < 1.29 is 17.9 Å². The molecule has 2 aromatic heterocycles. The highest BCUT2D eigenvalue weighted by molar-refractivity contribution is 7.89. The Bertz CT molecular complexity index is 1110. The summed E-state index contributed by atoms with van der Waals surface area (Å²) >= 11 is 0. The first kappa shape index (κ1) is 21.5. The van der Waals surface area contributed by atoms with Gasteiger partial charge in [0.05, 0.1) is 24.8 Å². The molecule has 160 valence electrons. The summed E-state index contributed by atoms with van der Waals surface area (Å²) in [6.07, 6.45) is 0. The molecule has 2 heterocycles. The van der Waals surface area contributed by atoms with E-state index in [1.807, 2.05) is 19.9 Å². The van der Waals surface area contributed by atoms with E-state index in [-0.39, 0.29) is 11.4 Å². The summed E-state index contributed by atoms with van der Waals surface area (Å²) in [6, 6.07) is 9.94. The van der Waals surface area contributed by atoms with Crippen molar-refractivity contribution in [3.8, 4) is 17.3 Å². The third-order valence-electron chi connectivity index (χ3n) is 4.27. The summed E-state index contributed by atoms with van der Waals surface area (Å²) in [5.41, 5.74) is 1.87. The highest BCUT2D eigenvalue weighted by atomic mass is 32.2. The van der Waals surface area contributed by atoms with Crippen LogP contribution in [0.5, 0.6) is 11.5 Å². The maximum absolute atomic E-state index is 12.5. The summed E-state index contributed by atoms with van der Waals surface area (Å²) in [7, 11) is -0.751. The van der Waals surface area contributed by atoms with Crippen LogP contribution >= 0.6 is 0 Å². The molecular formula is C19H24N6O4S. The number of hydrogen-bond donors (Lipinski definition) is 2. The number of sulfonamides is 1.